The van der Waals surface area contributed by atoms with Crippen molar-refractivity contribution in [1.82, 2.24) is 0 Å². The Labute approximate surface area is 216 Å². The van der Waals surface area contributed by atoms with Crippen molar-refractivity contribution in [3.05, 3.63) is 64.1 Å². The molecule has 0 aliphatic heterocycles. The third kappa shape index (κ3) is 8.38. The van der Waals surface area contributed by atoms with Crippen LogP contribution in [0.1, 0.15) is 14.0 Å². The van der Waals surface area contributed by atoms with E-state index in [2.05, 4.69) is 15.9 Å². The van der Waals surface area contributed by atoms with E-state index < -0.39 is 18.8 Å². The van der Waals surface area contributed by atoms with Crippen LogP contribution in [-0.2, 0) is 16.0 Å². The van der Waals surface area contributed by atoms with Crippen LogP contribution < -0.4 is 63.9 Å². The molecule has 0 unspecified atom stereocenters. The minimum absolute atomic E-state index is 0. The normalized spacial score (nSPS) is 11.3. The first-order valence-electron chi connectivity index (χ1n) is 7.20. The van der Waals surface area contributed by atoms with Crippen molar-refractivity contribution >= 4 is 35.3 Å². The average Bonchev–Trinajstić information content (AvgIpc) is 2.54. The van der Waals surface area contributed by atoms with E-state index in [1.54, 1.807) is 11.8 Å². The molecule has 27 heavy (non-hydrogen) atoms. The van der Waals surface area contributed by atoms with Gasteiger partial charge in [-0.1, -0.05) is 46.3 Å². The number of thioether (sulfide) groups is 1. The van der Waals surface area contributed by atoms with E-state index in [-0.39, 0.29) is 66.4 Å². The van der Waals surface area contributed by atoms with Gasteiger partial charge in [-0.15, -0.1) is 0 Å². The van der Waals surface area contributed by atoms with E-state index in [1.807, 2.05) is 30.3 Å². The predicted octanol–water partition coefficient (Wildman–Crippen LogP) is -0.779. The molecule has 0 spiro atoms. The average molecular weight is 501 g/mol. The second kappa shape index (κ2) is 12.7. The van der Waals surface area contributed by atoms with Gasteiger partial charge in [0, 0.05) is 21.5 Å². The Bertz CT molecular complexity index is 776. The molecule has 0 heterocycles. The second-order valence-corrected chi connectivity index (χ2v) is 8.72. The number of halogens is 3. The van der Waals surface area contributed by atoms with Crippen LogP contribution in [-0.4, -0.2) is 22.1 Å². The fourth-order valence-corrected chi connectivity index (χ4v) is 4.07. The van der Waals surface area contributed by atoms with Gasteiger partial charge in [0.15, 0.2) is 0 Å². The van der Waals surface area contributed by atoms with Crippen LogP contribution in [0, 0.1) is 0 Å². The molecular formula is C16H18BrF2Na2O4PS. The fourth-order valence-electron chi connectivity index (χ4n) is 1.97. The zero-order valence-electron chi connectivity index (χ0n) is 16.9. The Morgan fingerprint density at radius 2 is 1.78 bits per heavy atom. The van der Waals surface area contributed by atoms with E-state index >= 15 is 0 Å². The van der Waals surface area contributed by atoms with E-state index in [0.29, 0.717) is 18.1 Å². The number of ether oxygens (including phenoxy) is 1. The Morgan fingerprint density at radius 1 is 1.15 bits per heavy atom. The number of hydrogen-bond acceptors (Lipinski definition) is 3. The molecule has 0 aromatic heterocycles. The number of rotatable bonds is 8. The van der Waals surface area contributed by atoms with Crippen LogP contribution in [0.3, 0.4) is 0 Å². The largest absolute Gasteiger partial charge is 1.00 e. The van der Waals surface area contributed by atoms with Gasteiger partial charge in [-0.3, -0.25) is 4.57 Å². The molecule has 0 bridgehead atoms. The molecule has 0 saturated carbocycles. The summed E-state index contributed by atoms with van der Waals surface area (Å²) >= 11 is 4.54. The topological polar surface area (TPSA) is 66.8 Å². The van der Waals surface area contributed by atoms with Gasteiger partial charge in [-0.2, -0.15) is 20.5 Å². The van der Waals surface area contributed by atoms with E-state index in [4.69, 9.17) is 14.5 Å². The number of para-hydroxylation sites is 1. The van der Waals surface area contributed by atoms with Crippen LogP contribution >= 0.6 is 35.3 Å². The maximum atomic E-state index is 13.8. The van der Waals surface area contributed by atoms with E-state index in [1.165, 1.54) is 12.1 Å². The molecule has 2 aromatic carbocycles. The third-order valence-electron chi connectivity index (χ3n) is 3.23. The molecular weight excluding hydrogens is 483 g/mol. The predicted molar refractivity (Wildman–Crippen MR) is 100 cm³/mol. The minimum atomic E-state index is -5.58. The molecule has 2 N–H and O–H groups in total. The molecule has 2 aromatic rings. The summed E-state index contributed by atoms with van der Waals surface area (Å²) in [4.78, 5) is 17.6. The molecule has 0 amide bonds. The number of alkyl halides is 2. The van der Waals surface area contributed by atoms with Crippen molar-refractivity contribution in [2.24, 2.45) is 0 Å². The summed E-state index contributed by atoms with van der Waals surface area (Å²) in [5, 5.41) is 0. The zero-order valence-corrected chi connectivity index (χ0v) is 22.2. The number of hydrogen-bond donors (Lipinski definition) is 2. The maximum Gasteiger partial charge on any atom is 1.00 e. The smallest absolute Gasteiger partial charge is 1.00 e. The Balaban J connectivity index is -0.00000169. The van der Waals surface area contributed by atoms with Gasteiger partial charge in [0.2, 0.25) is 0 Å². The standard InChI is InChI=1S/C16H16BrF2O4PS.2Na.2H/c17-15-10-12(6-7-14(15)16(18,19)24(20,21)22)11-25-9-8-23-13-4-2-1-3-5-13;;;;/h1-7,10H,8-9,11H2,(H2,20,21,22);;;;/q;2*+1;2*-1. The molecule has 11 heteroatoms. The first kappa shape index (κ1) is 28.1. The Morgan fingerprint density at radius 3 is 2.33 bits per heavy atom. The monoisotopic (exact) mass is 500 g/mol. The molecule has 0 fully saturated rings. The molecule has 2 rings (SSSR count). The van der Waals surface area contributed by atoms with Crippen molar-refractivity contribution in [2.45, 2.75) is 11.4 Å². The van der Waals surface area contributed by atoms with Crippen molar-refractivity contribution in [1.29, 1.82) is 0 Å². The molecule has 0 aliphatic carbocycles. The minimum Gasteiger partial charge on any atom is -1.00 e. The fraction of sp³-hybridized carbons (Fsp3) is 0.250. The Hall–Kier alpha value is 1.08. The summed E-state index contributed by atoms with van der Waals surface area (Å²) in [5.74, 6) is 2.07. The van der Waals surface area contributed by atoms with Crippen molar-refractivity contribution < 1.29 is 89.8 Å². The molecule has 4 nitrogen and oxygen atoms in total. The first-order chi connectivity index (χ1) is 11.7. The van der Waals surface area contributed by atoms with E-state index in [0.717, 1.165) is 17.4 Å². The van der Waals surface area contributed by atoms with Crippen LogP contribution in [0.4, 0.5) is 8.78 Å². The molecule has 0 saturated heterocycles. The van der Waals surface area contributed by atoms with Gasteiger partial charge in [0.1, 0.15) is 5.75 Å². The van der Waals surface area contributed by atoms with Gasteiger partial charge >= 0.3 is 72.4 Å². The third-order valence-corrected chi connectivity index (χ3v) is 5.85. The summed E-state index contributed by atoms with van der Waals surface area (Å²) in [5.41, 5.74) is -4.18. The zero-order chi connectivity index (χ0) is 18.5. The van der Waals surface area contributed by atoms with Gasteiger partial charge in [0.25, 0.3) is 0 Å². The molecule has 140 valence electrons. The van der Waals surface area contributed by atoms with E-state index in [9.17, 15) is 13.3 Å². The van der Waals surface area contributed by atoms with Gasteiger partial charge < -0.3 is 17.4 Å². The van der Waals surface area contributed by atoms with Crippen LogP contribution in [0.25, 0.3) is 0 Å². The first-order valence-corrected chi connectivity index (χ1v) is 10.8. The summed E-state index contributed by atoms with van der Waals surface area (Å²) in [6.45, 7) is 0.518. The van der Waals surface area contributed by atoms with Crippen molar-refractivity contribution in [2.75, 3.05) is 12.4 Å². The molecule has 0 atom stereocenters. The molecule has 0 radical (unpaired) electrons. The van der Waals surface area contributed by atoms with Crippen LogP contribution in [0.15, 0.2) is 53.0 Å². The summed E-state index contributed by atoms with van der Waals surface area (Å²) < 4.78 is 44.0. The summed E-state index contributed by atoms with van der Waals surface area (Å²) in [6.07, 6.45) is 0. The SMILES string of the molecule is O=P(O)(O)C(F)(F)c1ccc(CSCCOc2ccccc2)cc1Br.[H-].[H-].[Na+].[Na+]. The van der Waals surface area contributed by atoms with Gasteiger partial charge in [-0.25, -0.2) is 0 Å². The van der Waals surface area contributed by atoms with Gasteiger partial charge in [0.05, 0.1) is 6.61 Å². The second-order valence-electron chi connectivity index (χ2n) is 5.11. The summed E-state index contributed by atoms with van der Waals surface area (Å²) in [7, 11) is -5.58. The number of benzene rings is 2. The van der Waals surface area contributed by atoms with Gasteiger partial charge in [-0.05, 0) is 23.8 Å². The van der Waals surface area contributed by atoms with Crippen LogP contribution in [0.5, 0.6) is 5.75 Å². The Kier molecular flexibility index (Phi) is 13.2. The quantitative estimate of drug-likeness (QED) is 0.283. The van der Waals surface area contributed by atoms with Crippen molar-refractivity contribution in [3.8, 4) is 5.75 Å². The molecule has 0 aliphatic rings. The van der Waals surface area contributed by atoms with Crippen molar-refractivity contribution in [3.63, 3.8) is 0 Å². The van der Waals surface area contributed by atoms with Crippen LogP contribution in [0.2, 0.25) is 0 Å². The maximum absolute atomic E-state index is 13.8. The summed E-state index contributed by atoms with van der Waals surface area (Å²) in [6, 6.07) is 13.3.